The molecule has 0 saturated heterocycles. The fourth-order valence-corrected chi connectivity index (χ4v) is 4.07. The van der Waals surface area contributed by atoms with E-state index in [2.05, 4.69) is 21.8 Å². The van der Waals surface area contributed by atoms with Crippen LogP contribution in [-0.4, -0.2) is 30.1 Å². The van der Waals surface area contributed by atoms with Crippen molar-refractivity contribution in [3.63, 3.8) is 0 Å². The molecule has 0 bridgehead atoms. The number of hydrogen-bond acceptors (Lipinski definition) is 5. The second-order valence-corrected chi connectivity index (χ2v) is 8.01. The Morgan fingerprint density at radius 2 is 1.88 bits per heavy atom. The van der Waals surface area contributed by atoms with Crippen molar-refractivity contribution < 1.29 is 13.2 Å². The number of alkyl halides is 3. The molecule has 1 aromatic carbocycles. The third-order valence-electron chi connectivity index (χ3n) is 5.73. The second kappa shape index (κ2) is 9.13. The normalized spacial score (nSPS) is 14.0. The highest BCUT2D eigenvalue weighted by molar-refractivity contribution is 5.79. The topological polar surface area (TPSA) is 44.3 Å². The molecular formula is C25H26F3N5. The summed E-state index contributed by atoms with van der Waals surface area (Å²) in [6, 6.07) is 10.9. The molecule has 2 aromatic heterocycles. The van der Waals surface area contributed by atoms with E-state index in [9.17, 15) is 13.2 Å². The van der Waals surface area contributed by atoms with Gasteiger partial charge in [-0.05, 0) is 48.7 Å². The Bertz CT molecular complexity index is 1140. The molecule has 0 radical (unpaired) electrons. The van der Waals surface area contributed by atoms with Crippen LogP contribution in [0.1, 0.15) is 24.5 Å². The van der Waals surface area contributed by atoms with Crippen LogP contribution in [0.2, 0.25) is 0 Å². The maximum absolute atomic E-state index is 13.3. The maximum Gasteiger partial charge on any atom is 0.416 e. The minimum atomic E-state index is -4.41. The van der Waals surface area contributed by atoms with Crippen molar-refractivity contribution in [2.45, 2.75) is 25.9 Å². The first-order valence-electron chi connectivity index (χ1n) is 10.8. The minimum absolute atomic E-state index is 0.432. The van der Waals surface area contributed by atoms with Crippen LogP contribution in [0.5, 0.6) is 0 Å². The molecule has 0 saturated carbocycles. The molecule has 33 heavy (non-hydrogen) atoms. The molecule has 172 valence electrons. The Hall–Kier alpha value is -3.55. The van der Waals surface area contributed by atoms with E-state index in [-0.39, 0.29) is 0 Å². The van der Waals surface area contributed by atoms with Crippen LogP contribution in [0.4, 0.5) is 30.4 Å². The SMILES string of the molecule is C=C(Nc1ccncc1)N1CCCN(C)c2c(CC)cc(-c3cccc(C(F)(F)F)c3)nc21. The third-order valence-corrected chi connectivity index (χ3v) is 5.73. The molecule has 5 nitrogen and oxygen atoms in total. The number of rotatable bonds is 5. The van der Waals surface area contributed by atoms with E-state index in [4.69, 9.17) is 4.98 Å². The van der Waals surface area contributed by atoms with Gasteiger partial charge in [0.2, 0.25) is 0 Å². The molecule has 1 aliphatic heterocycles. The number of aromatic nitrogens is 2. The quantitative estimate of drug-likeness (QED) is 0.517. The number of fused-ring (bicyclic) bond motifs is 1. The molecule has 3 heterocycles. The number of nitrogens with zero attached hydrogens (tertiary/aromatic N) is 4. The van der Waals surface area contributed by atoms with E-state index in [1.807, 2.05) is 37.1 Å². The summed E-state index contributed by atoms with van der Waals surface area (Å²) in [4.78, 5) is 13.1. The molecular weight excluding hydrogens is 427 g/mol. The van der Waals surface area contributed by atoms with Gasteiger partial charge in [0.05, 0.1) is 16.9 Å². The zero-order valence-corrected chi connectivity index (χ0v) is 18.7. The maximum atomic E-state index is 13.3. The molecule has 0 amide bonds. The molecule has 1 aliphatic rings. The van der Waals surface area contributed by atoms with E-state index in [0.717, 1.165) is 48.5 Å². The monoisotopic (exact) mass is 453 g/mol. The van der Waals surface area contributed by atoms with Gasteiger partial charge in [-0.25, -0.2) is 4.98 Å². The smallest absolute Gasteiger partial charge is 0.371 e. The molecule has 8 heteroatoms. The molecule has 0 atom stereocenters. The summed E-state index contributed by atoms with van der Waals surface area (Å²) in [5.41, 5.74) is 3.10. The highest BCUT2D eigenvalue weighted by atomic mass is 19.4. The lowest BCUT2D eigenvalue weighted by atomic mass is 10.0. The number of hydrogen-bond donors (Lipinski definition) is 1. The first-order valence-corrected chi connectivity index (χ1v) is 10.8. The Balaban J connectivity index is 1.81. The minimum Gasteiger partial charge on any atom is -0.371 e. The number of aryl methyl sites for hydroxylation is 1. The van der Waals surface area contributed by atoms with Gasteiger partial charge < -0.3 is 15.1 Å². The summed E-state index contributed by atoms with van der Waals surface area (Å²) < 4.78 is 40.0. The lowest BCUT2D eigenvalue weighted by Crippen LogP contribution is -2.28. The van der Waals surface area contributed by atoms with Crippen LogP contribution in [-0.2, 0) is 12.6 Å². The lowest BCUT2D eigenvalue weighted by Gasteiger charge is -2.29. The summed E-state index contributed by atoms with van der Waals surface area (Å²) in [5, 5.41) is 3.31. The zero-order chi connectivity index (χ0) is 23.6. The zero-order valence-electron chi connectivity index (χ0n) is 18.7. The highest BCUT2D eigenvalue weighted by Gasteiger charge is 2.31. The third kappa shape index (κ3) is 4.79. The van der Waals surface area contributed by atoms with Crippen LogP contribution in [0.25, 0.3) is 11.3 Å². The second-order valence-electron chi connectivity index (χ2n) is 8.01. The van der Waals surface area contributed by atoms with Crippen LogP contribution < -0.4 is 15.1 Å². The number of benzene rings is 1. The van der Waals surface area contributed by atoms with E-state index in [1.54, 1.807) is 18.5 Å². The van der Waals surface area contributed by atoms with Crippen molar-refractivity contribution >= 4 is 17.2 Å². The predicted octanol–water partition coefficient (Wildman–Crippen LogP) is 5.95. The first kappa shape index (κ1) is 22.6. The standard InChI is InChI=1S/C25H26F3N5/c1-4-18-16-22(19-7-5-8-20(15-19)25(26,27)28)31-24-23(18)32(3)13-6-14-33(24)17(2)30-21-9-11-29-12-10-21/h5,7-12,15-16H,2,4,6,13-14H2,1,3H3,(H,29,30). The average molecular weight is 454 g/mol. The fraction of sp³-hybridized carbons (Fsp3) is 0.280. The molecule has 0 unspecified atom stereocenters. The molecule has 4 rings (SSSR count). The van der Waals surface area contributed by atoms with E-state index in [1.165, 1.54) is 6.07 Å². The van der Waals surface area contributed by atoms with Crippen LogP contribution >= 0.6 is 0 Å². The Labute approximate surface area is 191 Å². The molecule has 0 fully saturated rings. The number of halogens is 3. The fourth-order valence-electron chi connectivity index (χ4n) is 4.07. The number of anilines is 3. The van der Waals surface area contributed by atoms with Crippen molar-refractivity contribution in [3.05, 3.63) is 78.4 Å². The van der Waals surface area contributed by atoms with Crippen molar-refractivity contribution in [2.24, 2.45) is 0 Å². The highest BCUT2D eigenvalue weighted by Crippen LogP contribution is 2.39. The van der Waals surface area contributed by atoms with Crippen molar-refractivity contribution in [3.8, 4) is 11.3 Å². The summed E-state index contributed by atoms with van der Waals surface area (Å²) in [5.74, 6) is 1.34. The van der Waals surface area contributed by atoms with Crippen molar-refractivity contribution in [2.75, 3.05) is 35.3 Å². The van der Waals surface area contributed by atoms with Crippen LogP contribution in [0.15, 0.2) is 67.3 Å². The van der Waals surface area contributed by atoms with Gasteiger partial charge in [-0.2, -0.15) is 13.2 Å². The van der Waals surface area contributed by atoms with Gasteiger partial charge >= 0.3 is 6.18 Å². The summed E-state index contributed by atoms with van der Waals surface area (Å²) in [7, 11) is 2.02. The molecule has 0 aliphatic carbocycles. The summed E-state index contributed by atoms with van der Waals surface area (Å²) in [6.07, 6.45) is 0.577. The lowest BCUT2D eigenvalue weighted by molar-refractivity contribution is -0.137. The van der Waals surface area contributed by atoms with Gasteiger partial charge in [-0.15, -0.1) is 0 Å². The van der Waals surface area contributed by atoms with Crippen LogP contribution in [0, 0.1) is 0 Å². The number of pyridine rings is 2. The van der Waals surface area contributed by atoms with Gasteiger partial charge in [-0.1, -0.05) is 25.6 Å². The Morgan fingerprint density at radius 1 is 1.12 bits per heavy atom. The van der Waals surface area contributed by atoms with Gasteiger partial charge in [0.15, 0.2) is 5.82 Å². The first-order chi connectivity index (χ1) is 15.8. The van der Waals surface area contributed by atoms with Crippen LogP contribution in [0.3, 0.4) is 0 Å². The largest absolute Gasteiger partial charge is 0.416 e. The average Bonchev–Trinajstić information content (AvgIpc) is 2.97. The summed E-state index contributed by atoms with van der Waals surface area (Å²) in [6.45, 7) is 7.78. The molecule has 3 aromatic rings. The van der Waals surface area contributed by atoms with Crippen molar-refractivity contribution in [1.82, 2.24) is 9.97 Å². The van der Waals surface area contributed by atoms with E-state index in [0.29, 0.717) is 29.4 Å². The number of nitrogens with one attached hydrogen (secondary N) is 1. The van der Waals surface area contributed by atoms with E-state index < -0.39 is 11.7 Å². The van der Waals surface area contributed by atoms with Gasteiger partial charge in [0, 0.05) is 43.8 Å². The van der Waals surface area contributed by atoms with E-state index >= 15 is 0 Å². The van der Waals surface area contributed by atoms with Gasteiger partial charge in [-0.3, -0.25) is 4.98 Å². The predicted molar refractivity (Wildman–Crippen MR) is 126 cm³/mol. The molecule has 0 spiro atoms. The van der Waals surface area contributed by atoms with Gasteiger partial charge in [0.25, 0.3) is 0 Å². The molecule has 1 N–H and O–H groups in total. The Morgan fingerprint density at radius 3 is 2.58 bits per heavy atom. The summed E-state index contributed by atoms with van der Waals surface area (Å²) >= 11 is 0. The van der Waals surface area contributed by atoms with Crippen molar-refractivity contribution in [1.29, 1.82) is 0 Å². The Kier molecular flexibility index (Phi) is 6.26. The van der Waals surface area contributed by atoms with Gasteiger partial charge in [0.1, 0.15) is 5.82 Å².